The number of rotatable bonds is 5. The molecule has 31 heavy (non-hydrogen) atoms. The van der Waals surface area contributed by atoms with Crippen LogP contribution < -0.4 is 20.0 Å². The molecule has 0 unspecified atom stereocenters. The maximum Gasteiger partial charge on any atom is 0.293 e. The van der Waals surface area contributed by atoms with Crippen LogP contribution in [0.15, 0.2) is 42.5 Å². The van der Waals surface area contributed by atoms with E-state index in [-0.39, 0.29) is 16.5 Å². The summed E-state index contributed by atoms with van der Waals surface area (Å²) >= 11 is 0. The second-order valence-electron chi connectivity index (χ2n) is 8.42. The molecule has 2 heterocycles. The maximum absolute atomic E-state index is 13.0. The summed E-state index contributed by atoms with van der Waals surface area (Å²) in [6.07, 6.45) is 3.22. The average molecular weight is 425 g/mol. The van der Waals surface area contributed by atoms with E-state index < -0.39 is 0 Å². The fourth-order valence-corrected chi connectivity index (χ4v) is 4.39. The smallest absolute Gasteiger partial charge is 0.293 e. The molecule has 2 aromatic carbocycles. The molecule has 2 fully saturated rings. The molecule has 0 bridgehead atoms. The number of hydrogen-bond acceptors (Lipinski definition) is 5. The zero-order chi connectivity index (χ0) is 21.8. The number of piperidine rings is 1. The maximum atomic E-state index is 13.0. The Morgan fingerprint density at radius 1 is 0.968 bits per heavy atom. The summed E-state index contributed by atoms with van der Waals surface area (Å²) in [6, 6.07) is 12.6. The van der Waals surface area contributed by atoms with Crippen molar-refractivity contribution in [1.82, 2.24) is 0 Å². The predicted octanol–water partition coefficient (Wildman–Crippen LogP) is 2.17. The standard InChI is InChI=1S/C23H29N5O3/c1-25-13-15-27(16-14-25)20-8-4-3-7-19(20)24-23(29)18-9-10-21(22(17-18)28(30)31)26-11-5-2-6-12-26/h3-4,7-10,17H,2,5-6,11-16H2,1H3,(H,24,29)/p+1. The first kappa shape index (κ1) is 21.1. The van der Waals surface area contributed by atoms with Gasteiger partial charge in [-0.2, -0.15) is 0 Å². The first-order chi connectivity index (χ1) is 15.0. The topological polar surface area (TPSA) is 83.2 Å². The van der Waals surface area contributed by atoms with E-state index in [1.807, 2.05) is 29.2 Å². The molecule has 4 rings (SSSR count). The molecule has 8 nitrogen and oxygen atoms in total. The molecule has 0 spiro atoms. The molecule has 2 saturated heterocycles. The largest absolute Gasteiger partial charge is 0.366 e. The van der Waals surface area contributed by atoms with Gasteiger partial charge in [0.2, 0.25) is 0 Å². The molecule has 0 saturated carbocycles. The van der Waals surface area contributed by atoms with Gasteiger partial charge in [0.05, 0.1) is 49.5 Å². The van der Waals surface area contributed by atoms with Crippen molar-refractivity contribution in [2.24, 2.45) is 0 Å². The minimum absolute atomic E-state index is 0.00937. The SMILES string of the molecule is C[NH+]1CCN(c2ccccc2NC(=O)c2ccc(N3CCCCC3)c([N+](=O)[O-])c2)CC1. The van der Waals surface area contributed by atoms with E-state index in [4.69, 9.17) is 0 Å². The fraction of sp³-hybridized carbons (Fsp3) is 0.435. The molecule has 2 aromatic rings. The van der Waals surface area contributed by atoms with Gasteiger partial charge in [0.1, 0.15) is 5.69 Å². The molecular weight excluding hydrogens is 394 g/mol. The number of nitro benzene ring substituents is 1. The van der Waals surface area contributed by atoms with Gasteiger partial charge in [0.15, 0.2) is 0 Å². The molecule has 0 aliphatic carbocycles. The summed E-state index contributed by atoms with van der Waals surface area (Å²) in [5, 5.41) is 14.7. The highest BCUT2D eigenvalue weighted by Gasteiger charge is 2.24. The highest BCUT2D eigenvalue weighted by atomic mass is 16.6. The van der Waals surface area contributed by atoms with Crippen LogP contribution in [-0.2, 0) is 0 Å². The summed E-state index contributed by atoms with van der Waals surface area (Å²) in [5.41, 5.74) is 2.61. The van der Waals surface area contributed by atoms with Crippen molar-refractivity contribution in [3.05, 3.63) is 58.1 Å². The zero-order valence-corrected chi connectivity index (χ0v) is 18.0. The number of nitro groups is 1. The second kappa shape index (κ2) is 9.34. The van der Waals surface area contributed by atoms with Crippen molar-refractivity contribution in [3.63, 3.8) is 0 Å². The van der Waals surface area contributed by atoms with E-state index >= 15 is 0 Å². The third-order valence-electron chi connectivity index (χ3n) is 6.24. The number of likely N-dealkylation sites (N-methyl/N-ethyl adjacent to an activating group) is 1. The molecule has 2 aliphatic rings. The number of para-hydroxylation sites is 2. The Kier molecular flexibility index (Phi) is 6.36. The number of anilines is 3. The number of quaternary nitrogens is 1. The Labute approximate surface area is 182 Å². The lowest BCUT2D eigenvalue weighted by Gasteiger charge is -2.33. The Morgan fingerprint density at radius 3 is 2.35 bits per heavy atom. The summed E-state index contributed by atoms with van der Waals surface area (Å²) in [7, 11) is 2.19. The summed E-state index contributed by atoms with van der Waals surface area (Å²) in [5.74, 6) is -0.333. The molecule has 0 radical (unpaired) electrons. The quantitative estimate of drug-likeness (QED) is 0.568. The van der Waals surface area contributed by atoms with Crippen LogP contribution in [0, 0.1) is 10.1 Å². The van der Waals surface area contributed by atoms with Crippen LogP contribution in [0.5, 0.6) is 0 Å². The minimum Gasteiger partial charge on any atom is -0.366 e. The highest BCUT2D eigenvalue weighted by Crippen LogP contribution is 2.32. The van der Waals surface area contributed by atoms with Crippen LogP contribution in [0.2, 0.25) is 0 Å². The molecule has 0 atom stereocenters. The van der Waals surface area contributed by atoms with Crippen molar-refractivity contribution >= 4 is 28.7 Å². The number of nitrogens with zero attached hydrogens (tertiary/aromatic N) is 3. The van der Waals surface area contributed by atoms with Crippen molar-refractivity contribution in [2.45, 2.75) is 19.3 Å². The third kappa shape index (κ3) is 4.80. The highest BCUT2D eigenvalue weighted by molar-refractivity contribution is 6.06. The van der Waals surface area contributed by atoms with Gasteiger partial charge in [0, 0.05) is 24.7 Å². The van der Waals surface area contributed by atoms with E-state index in [0.29, 0.717) is 11.3 Å². The fourth-order valence-electron chi connectivity index (χ4n) is 4.39. The second-order valence-corrected chi connectivity index (χ2v) is 8.42. The number of benzene rings is 2. The van der Waals surface area contributed by atoms with Crippen LogP contribution in [0.25, 0.3) is 0 Å². The lowest BCUT2D eigenvalue weighted by molar-refractivity contribution is -0.880. The molecule has 164 valence electrons. The van der Waals surface area contributed by atoms with Gasteiger partial charge in [-0.25, -0.2) is 0 Å². The van der Waals surface area contributed by atoms with Crippen LogP contribution >= 0.6 is 0 Å². The van der Waals surface area contributed by atoms with Gasteiger partial charge >= 0.3 is 0 Å². The average Bonchev–Trinajstić information content (AvgIpc) is 2.80. The Hall–Kier alpha value is -3.13. The number of piperazine rings is 1. The number of carbonyl (C=O) groups is 1. The van der Waals surface area contributed by atoms with Crippen LogP contribution in [0.4, 0.5) is 22.7 Å². The van der Waals surface area contributed by atoms with Gasteiger partial charge in [-0.3, -0.25) is 14.9 Å². The zero-order valence-electron chi connectivity index (χ0n) is 18.0. The Morgan fingerprint density at radius 2 is 1.65 bits per heavy atom. The van der Waals surface area contributed by atoms with Crippen LogP contribution in [0.1, 0.15) is 29.6 Å². The molecule has 2 aliphatic heterocycles. The third-order valence-corrected chi connectivity index (χ3v) is 6.24. The molecule has 0 aromatic heterocycles. The Bertz CT molecular complexity index is 950. The van der Waals surface area contributed by atoms with E-state index in [9.17, 15) is 14.9 Å². The van der Waals surface area contributed by atoms with Crippen molar-refractivity contribution in [1.29, 1.82) is 0 Å². The first-order valence-electron chi connectivity index (χ1n) is 11.0. The molecule has 8 heteroatoms. The molecular formula is C23H30N5O3+. The van der Waals surface area contributed by atoms with Crippen LogP contribution in [-0.4, -0.2) is 57.1 Å². The van der Waals surface area contributed by atoms with Gasteiger partial charge in [-0.1, -0.05) is 12.1 Å². The van der Waals surface area contributed by atoms with Gasteiger partial charge in [-0.15, -0.1) is 0 Å². The number of carbonyl (C=O) groups excluding carboxylic acids is 1. The predicted molar refractivity (Wildman–Crippen MR) is 122 cm³/mol. The monoisotopic (exact) mass is 424 g/mol. The van der Waals surface area contributed by atoms with Gasteiger partial charge < -0.3 is 20.0 Å². The minimum atomic E-state index is -0.388. The van der Waals surface area contributed by atoms with Gasteiger partial charge in [0.25, 0.3) is 11.6 Å². The van der Waals surface area contributed by atoms with Gasteiger partial charge in [-0.05, 0) is 43.5 Å². The number of amides is 1. The molecule has 1 amide bonds. The van der Waals surface area contributed by atoms with E-state index in [1.54, 1.807) is 12.1 Å². The van der Waals surface area contributed by atoms with Crippen molar-refractivity contribution in [3.8, 4) is 0 Å². The van der Waals surface area contributed by atoms with Crippen molar-refractivity contribution in [2.75, 3.05) is 61.4 Å². The summed E-state index contributed by atoms with van der Waals surface area (Å²) in [4.78, 5) is 30.2. The normalized spacial score (nSPS) is 17.5. The van der Waals surface area contributed by atoms with E-state index in [0.717, 1.165) is 69.9 Å². The summed E-state index contributed by atoms with van der Waals surface area (Å²) < 4.78 is 0. The number of nitrogens with one attached hydrogen (secondary N) is 2. The first-order valence-corrected chi connectivity index (χ1v) is 11.0. The lowest BCUT2D eigenvalue weighted by Crippen LogP contribution is -3.12. The van der Waals surface area contributed by atoms with Crippen LogP contribution in [0.3, 0.4) is 0 Å². The lowest BCUT2D eigenvalue weighted by atomic mass is 10.1. The molecule has 2 N–H and O–H groups in total. The Balaban J connectivity index is 1.55. The summed E-state index contributed by atoms with van der Waals surface area (Å²) in [6.45, 7) is 5.57. The van der Waals surface area contributed by atoms with E-state index in [1.165, 1.54) is 11.0 Å². The van der Waals surface area contributed by atoms with E-state index in [2.05, 4.69) is 17.3 Å². The number of hydrogen-bond donors (Lipinski definition) is 2. The van der Waals surface area contributed by atoms with Crippen molar-refractivity contribution < 1.29 is 14.6 Å².